The monoisotopic (exact) mass is 403 g/mol. The predicted molar refractivity (Wildman–Crippen MR) is 111 cm³/mol. The Morgan fingerprint density at radius 1 is 0.966 bits per heavy atom. The first-order chi connectivity index (χ1) is 14.1. The van der Waals surface area contributed by atoms with E-state index < -0.39 is 11.8 Å². The Labute approximate surface area is 172 Å². The summed E-state index contributed by atoms with van der Waals surface area (Å²) in [6.45, 7) is 2.68. The zero-order chi connectivity index (χ0) is 20.9. The van der Waals surface area contributed by atoms with Crippen LogP contribution in [0.5, 0.6) is 5.75 Å². The zero-order valence-electron chi connectivity index (χ0n) is 17.3. The number of hydrazine groups is 1. The van der Waals surface area contributed by atoms with Crippen molar-refractivity contribution < 1.29 is 19.1 Å². The Bertz CT molecular complexity index is 655. The van der Waals surface area contributed by atoms with Gasteiger partial charge in [0, 0.05) is 11.5 Å². The Balaban J connectivity index is 1.64. The van der Waals surface area contributed by atoms with Crippen molar-refractivity contribution in [1.82, 2.24) is 16.2 Å². The third-order valence-electron chi connectivity index (χ3n) is 5.10. The third kappa shape index (κ3) is 8.54. The number of carbonyl (C=O) groups is 3. The molecule has 3 amide bonds. The lowest BCUT2D eigenvalue weighted by Crippen LogP contribution is -2.47. The molecular formula is C22H33N3O4. The van der Waals surface area contributed by atoms with Crippen molar-refractivity contribution in [1.29, 1.82) is 0 Å². The largest absolute Gasteiger partial charge is 0.494 e. The van der Waals surface area contributed by atoms with Crippen molar-refractivity contribution in [3.8, 4) is 5.75 Å². The fourth-order valence-electron chi connectivity index (χ4n) is 3.34. The van der Waals surface area contributed by atoms with Crippen LogP contribution in [0, 0.1) is 5.92 Å². The lowest BCUT2D eigenvalue weighted by molar-refractivity contribution is -0.129. The van der Waals surface area contributed by atoms with Crippen LogP contribution in [-0.4, -0.2) is 30.9 Å². The van der Waals surface area contributed by atoms with E-state index in [1.807, 2.05) is 0 Å². The van der Waals surface area contributed by atoms with Gasteiger partial charge in [-0.1, -0.05) is 45.4 Å². The van der Waals surface area contributed by atoms with Gasteiger partial charge >= 0.3 is 0 Å². The maximum absolute atomic E-state index is 12.1. The Kier molecular flexibility index (Phi) is 10.0. The second-order valence-electron chi connectivity index (χ2n) is 7.49. The minimum absolute atomic E-state index is 0.00137. The molecule has 1 aromatic carbocycles. The molecule has 0 unspecified atom stereocenters. The van der Waals surface area contributed by atoms with Crippen LogP contribution in [0.25, 0.3) is 0 Å². The number of hydrogen-bond donors (Lipinski definition) is 3. The molecule has 0 saturated heterocycles. The summed E-state index contributed by atoms with van der Waals surface area (Å²) in [5.74, 6) is -0.261. The van der Waals surface area contributed by atoms with E-state index in [1.165, 1.54) is 19.3 Å². The molecule has 1 saturated carbocycles. The van der Waals surface area contributed by atoms with Crippen LogP contribution < -0.4 is 20.9 Å². The van der Waals surface area contributed by atoms with Gasteiger partial charge < -0.3 is 10.1 Å². The van der Waals surface area contributed by atoms with Crippen molar-refractivity contribution in [3.63, 3.8) is 0 Å². The lowest BCUT2D eigenvalue weighted by atomic mass is 9.89. The van der Waals surface area contributed by atoms with E-state index in [-0.39, 0.29) is 18.4 Å². The highest BCUT2D eigenvalue weighted by molar-refractivity contribution is 5.96. The van der Waals surface area contributed by atoms with E-state index in [0.717, 1.165) is 38.5 Å². The van der Waals surface area contributed by atoms with Gasteiger partial charge in [-0.15, -0.1) is 0 Å². The average molecular weight is 404 g/mol. The molecule has 7 nitrogen and oxygen atoms in total. The van der Waals surface area contributed by atoms with Crippen LogP contribution in [0.3, 0.4) is 0 Å². The Hall–Kier alpha value is -2.57. The summed E-state index contributed by atoms with van der Waals surface area (Å²) in [7, 11) is 0. The van der Waals surface area contributed by atoms with Crippen LogP contribution in [0.2, 0.25) is 0 Å². The Morgan fingerprint density at radius 2 is 1.69 bits per heavy atom. The fraction of sp³-hybridized carbons (Fsp3) is 0.591. The second kappa shape index (κ2) is 12.8. The molecular weight excluding hydrogens is 370 g/mol. The van der Waals surface area contributed by atoms with E-state index in [1.54, 1.807) is 24.3 Å². The van der Waals surface area contributed by atoms with Gasteiger partial charge in [-0.3, -0.25) is 25.2 Å². The summed E-state index contributed by atoms with van der Waals surface area (Å²) in [6, 6.07) is 6.77. The van der Waals surface area contributed by atoms with Gasteiger partial charge in [0.05, 0.1) is 13.2 Å². The molecule has 1 aliphatic carbocycles. The van der Waals surface area contributed by atoms with Gasteiger partial charge in [0.2, 0.25) is 5.91 Å². The number of carbonyl (C=O) groups excluding carboxylic acids is 3. The molecule has 0 bridgehead atoms. The quantitative estimate of drug-likeness (QED) is 0.413. The number of unbranched alkanes of at least 4 members (excludes halogenated alkanes) is 3. The maximum Gasteiger partial charge on any atom is 0.269 e. The summed E-state index contributed by atoms with van der Waals surface area (Å²) in [5.41, 5.74) is 5.09. The van der Waals surface area contributed by atoms with E-state index in [0.29, 0.717) is 17.9 Å². The molecule has 29 heavy (non-hydrogen) atoms. The van der Waals surface area contributed by atoms with Gasteiger partial charge in [-0.25, -0.2) is 0 Å². The van der Waals surface area contributed by atoms with Crippen LogP contribution in [-0.2, 0) is 9.59 Å². The summed E-state index contributed by atoms with van der Waals surface area (Å²) in [4.78, 5) is 36.0. The van der Waals surface area contributed by atoms with E-state index >= 15 is 0 Å². The van der Waals surface area contributed by atoms with E-state index in [9.17, 15) is 14.4 Å². The van der Waals surface area contributed by atoms with Crippen molar-refractivity contribution in [3.05, 3.63) is 29.8 Å². The maximum atomic E-state index is 12.1. The summed E-state index contributed by atoms with van der Waals surface area (Å²) < 4.78 is 5.65. The van der Waals surface area contributed by atoms with Crippen LogP contribution in [0.1, 0.15) is 75.1 Å². The van der Waals surface area contributed by atoms with Crippen molar-refractivity contribution >= 4 is 17.7 Å². The minimum atomic E-state index is -0.463. The molecule has 1 aliphatic rings. The molecule has 0 heterocycles. The molecule has 0 aromatic heterocycles. The van der Waals surface area contributed by atoms with Gasteiger partial charge in [0.1, 0.15) is 5.75 Å². The van der Waals surface area contributed by atoms with Crippen LogP contribution in [0.15, 0.2) is 24.3 Å². The average Bonchev–Trinajstić information content (AvgIpc) is 2.76. The van der Waals surface area contributed by atoms with Crippen LogP contribution in [0.4, 0.5) is 0 Å². The summed E-state index contributed by atoms with van der Waals surface area (Å²) in [5, 5.41) is 2.64. The van der Waals surface area contributed by atoms with Crippen molar-refractivity contribution in [2.24, 2.45) is 5.92 Å². The van der Waals surface area contributed by atoms with Crippen molar-refractivity contribution in [2.75, 3.05) is 13.2 Å². The van der Waals surface area contributed by atoms with Gasteiger partial charge in [-0.05, 0) is 43.5 Å². The molecule has 1 fully saturated rings. The molecule has 3 N–H and O–H groups in total. The molecule has 0 radical (unpaired) electrons. The molecule has 2 rings (SSSR count). The molecule has 0 spiro atoms. The van der Waals surface area contributed by atoms with Crippen LogP contribution >= 0.6 is 0 Å². The number of hydrogen-bond acceptors (Lipinski definition) is 4. The molecule has 7 heteroatoms. The first kappa shape index (κ1) is 22.7. The van der Waals surface area contributed by atoms with E-state index in [2.05, 4.69) is 23.1 Å². The molecule has 1 aromatic rings. The highest BCUT2D eigenvalue weighted by Gasteiger charge is 2.21. The summed E-state index contributed by atoms with van der Waals surface area (Å²) >= 11 is 0. The standard InChI is InChI=1S/C22H33N3O4/c1-2-3-4-8-15-29-19-13-11-18(12-14-19)22(28)25-24-20(26)16-23-21(27)17-9-6-5-7-10-17/h11-14,17H,2-10,15-16H2,1H3,(H,23,27)(H,24,26)(H,25,28). The zero-order valence-corrected chi connectivity index (χ0v) is 17.3. The first-order valence-electron chi connectivity index (χ1n) is 10.7. The summed E-state index contributed by atoms with van der Waals surface area (Å²) in [6.07, 6.45) is 9.60. The topological polar surface area (TPSA) is 96.5 Å². The Morgan fingerprint density at radius 3 is 2.38 bits per heavy atom. The highest BCUT2D eigenvalue weighted by Crippen LogP contribution is 2.23. The van der Waals surface area contributed by atoms with E-state index in [4.69, 9.17) is 4.74 Å². The normalized spacial score (nSPS) is 14.1. The number of rotatable bonds is 10. The number of amides is 3. The van der Waals surface area contributed by atoms with Gasteiger partial charge in [0.15, 0.2) is 0 Å². The van der Waals surface area contributed by atoms with Gasteiger partial charge in [-0.2, -0.15) is 0 Å². The number of benzene rings is 1. The van der Waals surface area contributed by atoms with Crippen molar-refractivity contribution in [2.45, 2.75) is 64.7 Å². The molecule has 160 valence electrons. The molecule has 0 aliphatic heterocycles. The van der Waals surface area contributed by atoms with Gasteiger partial charge in [0.25, 0.3) is 11.8 Å². The second-order valence-corrected chi connectivity index (χ2v) is 7.49. The third-order valence-corrected chi connectivity index (χ3v) is 5.10. The SMILES string of the molecule is CCCCCCOc1ccc(C(=O)NNC(=O)CNC(=O)C2CCCCC2)cc1. The minimum Gasteiger partial charge on any atom is -0.494 e. The smallest absolute Gasteiger partial charge is 0.269 e. The number of nitrogens with one attached hydrogen (secondary N) is 3. The molecule has 0 atom stereocenters. The predicted octanol–water partition coefficient (Wildman–Crippen LogP) is 3.10. The number of ether oxygens (including phenoxy) is 1. The lowest BCUT2D eigenvalue weighted by Gasteiger charge is -2.20. The highest BCUT2D eigenvalue weighted by atomic mass is 16.5. The fourth-order valence-corrected chi connectivity index (χ4v) is 3.34. The first-order valence-corrected chi connectivity index (χ1v) is 10.7.